The Morgan fingerprint density at radius 3 is 2.68 bits per heavy atom. The molecule has 0 unspecified atom stereocenters. The van der Waals surface area contributed by atoms with Crippen LogP contribution in [0.3, 0.4) is 0 Å². The van der Waals surface area contributed by atoms with Crippen molar-refractivity contribution in [3.8, 4) is 0 Å². The topological polar surface area (TPSA) is 39.1 Å². The maximum absolute atomic E-state index is 12.3. The number of aromatic nitrogens is 2. The Bertz CT molecular complexity index is 363. The monoisotopic (exact) mass is 279 g/mol. The molecule has 0 bridgehead atoms. The van der Waals surface area contributed by atoms with Crippen molar-refractivity contribution in [1.29, 1.82) is 0 Å². The van der Waals surface area contributed by atoms with E-state index in [2.05, 4.69) is 10.4 Å². The number of rotatable bonds is 8. The maximum atomic E-state index is 12.3. The van der Waals surface area contributed by atoms with Crippen LogP contribution >= 0.6 is 0 Å². The number of nitrogens with one attached hydrogen (secondary N) is 1. The minimum atomic E-state index is -4.37. The van der Waals surface area contributed by atoms with Gasteiger partial charge in [0.25, 0.3) is 0 Å². The zero-order valence-electron chi connectivity index (χ0n) is 11.2. The number of hydrogen-bond acceptors (Lipinski definition) is 3. The van der Waals surface area contributed by atoms with Crippen LogP contribution in [0.2, 0.25) is 0 Å². The van der Waals surface area contributed by atoms with Gasteiger partial charge in [-0.15, -0.1) is 0 Å². The summed E-state index contributed by atoms with van der Waals surface area (Å²) in [5.74, 6) is 0. The van der Waals surface area contributed by atoms with Gasteiger partial charge < -0.3 is 10.1 Å². The average molecular weight is 279 g/mol. The minimum absolute atomic E-state index is 0.227. The van der Waals surface area contributed by atoms with Gasteiger partial charge in [-0.3, -0.25) is 4.68 Å². The summed E-state index contributed by atoms with van der Waals surface area (Å²) in [5.41, 5.74) is -0.849. The third-order valence-corrected chi connectivity index (χ3v) is 2.40. The van der Waals surface area contributed by atoms with Gasteiger partial charge in [0.15, 0.2) is 5.69 Å². The van der Waals surface area contributed by atoms with Crippen molar-refractivity contribution in [2.24, 2.45) is 0 Å². The summed E-state index contributed by atoms with van der Waals surface area (Å²) in [6.45, 7) is 6.42. The first-order chi connectivity index (χ1) is 8.89. The van der Waals surface area contributed by atoms with Crippen molar-refractivity contribution < 1.29 is 17.9 Å². The van der Waals surface area contributed by atoms with E-state index in [9.17, 15) is 13.2 Å². The third kappa shape index (κ3) is 6.58. The summed E-state index contributed by atoms with van der Waals surface area (Å²) in [6.07, 6.45) is -1.92. The van der Waals surface area contributed by atoms with Crippen LogP contribution in [0.1, 0.15) is 26.0 Å². The van der Waals surface area contributed by atoms with E-state index in [1.165, 1.54) is 10.9 Å². The number of hydrogen-bond donors (Lipinski definition) is 1. The molecule has 0 fully saturated rings. The molecular weight excluding hydrogens is 259 g/mol. The lowest BCUT2D eigenvalue weighted by Gasteiger charge is -2.08. The lowest BCUT2D eigenvalue weighted by molar-refractivity contribution is -0.141. The van der Waals surface area contributed by atoms with Crippen molar-refractivity contribution >= 4 is 0 Å². The standard InChI is InChI=1S/C12H20F3N3O/c1-10(2)19-9-3-5-16-6-8-18-7-4-11(17-18)12(13,14)15/h4,7,10,16H,3,5-6,8-9H2,1-2H3. The number of alkyl halides is 3. The minimum Gasteiger partial charge on any atom is -0.379 e. The molecule has 0 spiro atoms. The van der Waals surface area contributed by atoms with Crippen molar-refractivity contribution in [3.63, 3.8) is 0 Å². The van der Waals surface area contributed by atoms with Crippen LogP contribution in [0.25, 0.3) is 0 Å². The number of nitrogens with zero attached hydrogens (tertiary/aromatic N) is 2. The Morgan fingerprint density at radius 2 is 2.11 bits per heavy atom. The highest BCUT2D eigenvalue weighted by molar-refractivity contribution is 5.03. The van der Waals surface area contributed by atoms with Gasteiger partial charge in [-0.1, -0.05) is 0 Å². The smallest absolute Gasteiger partial charge is 0.379 e. The van der Waals surface area contributed by atoms with E-state index in [1.54, 1.807) is 0 Å². The molecule has 0 aliphatic carbocycles. The summed E-state index contributed by atoms with van der Waals surface area (Å²) in [7, 11) is 0. The van der Waals surface area contributed by atoms with Crippen LogP contribution < -0.4 is 5.32 Å². The molecule has 0 radical (unpaired) electrons. The van der Waals surface area contributed by atoms with Crippen LogP contribution in [0, 0.1) is 0 Å². The quantitative estimate of drug-likeness (QED) is 0.742. The third-order valence-electron chi connectivity index (χ3n) is 2.40. The largest absolute Gasteiger partial charge is 0.435 e. The normalized spacial score (nSPS) is 12.3. The Kier molecular flexibility index (Phi) is 6.30. The molecular formula is C12H20F3N3O. The fourth-order valence-electron chi connectivity index (χ4n) is 1.47. The molecule has 0 atom stereocenters. The first kappa shape index (κ1) is 16.0. The van der Waals surface area contributed by atoms with Crippen LogP contribution in [-0.4, -0.2) is 35.6 Å². The van der Waals surface area contributed by atoms with Crippen LogP contribution in [0.15, 0.2) is 12.3 Å². The van der Waals surface area contributed by atoms with Crippen molar-refractivity contribution in [2.45, 2.75) is 39.1 Å². The van der Waals surface area contributed by atoms with Crippen LogP contribution in [0.4, 0.5) is 13.2 Å². The second kappa shape index (κ2) is 7.49. The maximum Gasteiger partial charge on any atom is 0.435 e. The SMILES string of the molecule is CC(C)OCCCNCCn1ccc(C(F)(F)F)n1. The van der Waals surface area contributed by atoms with Gasteiger partial charge in [0, 0.05) is 19.3 Å². The van der Waals surface area contributed by atoms with Gasteiger partial charge in [0.2, 0.25) is 0 Å². The predicted molar refractivity (Wildman–Crippen MR) is 65.8 cm³/mol. The fraction of sp³-hybridized carbons (Fsp3) is 0.750. The molecule has 1 aromatic heterocycles. The van der Waals surface area contributed by atoms with E-state index in [0.717, 1.165) is 19.0 Å². The van der Waals surface area contributed by atoms with Gasteiger partial charge in [-0.2, -0.15) is 18.3 Å². The van der Waals surface area contributed by atoms with Crippen LogP contribution in [0.5, 0.6) is 0 Å². The van der Waals surface area contributed by atoms with Gasteiger partial charge >= 0.3 is 6.18 Å². The molecule has 0 amide bonds. The Morgan fingerprint density at radius 1 is 1.37 bits per heavy atom. The highest BCUT2D eigenvalue weighted by Gasteiger charge is 2.33. The summed E-state index contributed by atoms with van der Waals surface area (Å²) >= 11 is 0. The molecule has 110 valence electrons. The Hall–Kier alpha value is -1.08. The number of halogens is 3. The van der Waals surface area contributed by atoms with Gasteiger partial charge in [0.05, 0.1) is 12.6 Å². The van der Waals surface area contributed by atoms with Gasteiger partial charge in [0.1, 0.15) is 0 Å². The molecule has 0 aliphatic heterocycles. The van der Waals surface area contributed by atoms with E-state index < -0.39 is 11.9 Å². The van der Waals surface area contributed by atoms with Crippen molar-refractivity contribution in [1.82, 2.24) is 15.1 Å². The zero-order chi connectivity index (χ0) is 14.3. The van der Waals surface area contributed by atoms with E-state index in [-0.39, 0.29) is 6.10 Å². The van der Waals surface area contributed by atoms with Gasteiger partial charge in [-0.05, 0) is 32.9 Å². The summed E-state index contributed by atoms with van der Waals surface area (Å²) in [6, 6.07) is 0.983. The summed E-state index contributed by atoms with van der Waals surface area (Å²) in [4.78, 5) is 0. The first-order valence-corrected chi connectivity index (χ1v) is 6.32. The molecule has 0 aromatic carbocycles. The predicted octanol–water partition coefficient (Wildman–Crippen LogP) is 2.31. The highest BCUT2D eigenvalue weighted by Crippen LogP contribution is 2.27. The lowest BCUT2D eigenvalue weighted by Crippen LogP contribution is -2.23. The second-order valence-corrected chi connectivity index (χ2v) is 4.48. The molecule has 4 nitrogen and oxygen atoms in total. The highest BCUT2D eigenvalue weighted by atomic mass is 19.4. The fourth-order valence-corrected chi connectivity index (χ4v) is 1.47. The van der Waals surface area contributed by atoms with Crippen molar-refractivity contribution in [3.05, 3.63) is 18.0 Å². The molecule has 1 aromatic rings. The molecule has 19 heavy (non-hydrogen) atoms. The Balaban J connectivity index is 2.11. The molecule has 1 N–H and O–H groups in total. The second-order valence-electron chi connectivity index (χ2n) is 4.48. The number of ether oxygens (including phenoxy) is 1. The lowest BCUT2D eigenvalue weighted by atomic mass is 10.4. The Labute approximate surface area is 110 Å². The van der Waals surface area contributed by atoms with Crippen molar-refractivity contribution in [2.75, 3.05) is 19.7 Å². The van der Waals surface area contributed by atoms with Gasteiger partial charge in [-0.25, -0.2) is 0 Å². The molecule has 1 heterocycles. The van der Waals surface area contributed by atoms with E-state index in [1.807, 2.05) is 13.8 Å². The molecule has 7 heteroatoms. The molecule has 0 saturated heterocycles. The van der Waals surface area contributed by atoms with E-state index in [0.29, 0.717) is 19.7 Å². The average Bonchev–Trinajstić information content (AvgIpc) is 2.75. The van der Waals surface area contributed by atoms with E-state index >= 15 is 0 Å². The first-order valence-electron chi connectivity index (χ1n) is 6.32. The van der Waals surface area contributed by atoms with E-state index in [4.69, 9.17) is 4.74 Å². The molecule has 0 saturated carbocycles. The zero-order valence-corrected chi connectivity index (χ0v) is 11.2. The summed E-state index contributed by atoms with van der Waals surface area (Å²) < 4.78 is 43.5. The van der Waals surface area contributed by atoms with Crippen LogP contribution in [-0.2, 0) is 17.5 Å². The molecule has 1 rings (SSSR count). The molecule has 0 aliphatic rings. The summed E-state index contributed by atoms with van der Waals surface area (Å²) in [5, 5.41) is 6.60.